The van der Waals surface area contributed by atoms with Gasteiger partial charge in [-0.3, -0.25) is 15.0 Å². The Morgan fingerprint density at radius 2 is 2.44 bits per heavy atom. The summed E-state index contributed by atoms with van der Waals surface area (Å²) in [5.74, 6) is 0.484. The van der Waals surface area contributed by atoms with E-state index in [4.69, 9.17) is 0 Å². The van der Waals surface area contributed by atoms with E-state index in [-0.39, 0.29) is 22.6 Å². The monoisotopic (exact) mass is 270 g/mol. The van der Waals surface area contributed by atoms with Gasteiger partial charge in [-0.05, 0) is 30.9 Å². The summed E-state index contributed by atoms with van der Waals surface area (Å²) in [6.07, 6.45) is 2.27. The van der Waals surface area contributed by atoms with Crippen molar-refractivity contribution in [2.24, 2.45) is 5.92 Å². The lowest BCUT2D eigenvalue weighted by atomic mass is 9.91. The zero-order chi connectivity index (χ0) is 13.1. The molecule has 0 amide bonds. The second kappa shape index (κ2) is 5.77. The predicted octanol–water partition coefficient (Wildman–Crippen LogP) is 2.25. The number of thiophene rings is 1. The largest absolute Gasteiger partial charge is 0.395 e. The fraction of sp³-hybridized carbons (Fsp3) is 0.667. The van der Waals surface area contributed by atoms with E-state index in [0.29, 0.717) is 12.5 Å². The number of hydrogen-bond acceptors (Lipinski definition) is 5. The van der Waals surface area contributed by atoms with E-state index in [1.807, 2.05) is 5.38 Å². The summed E-state index contributed by atoms with van der Waals surface area (Å²) in [6, 6.07) is 1.82. The Morgan fingerprint density at radius 1 is 1.67 bits per heavy atom. The summed E-state index contributed by atoms with van der Waals surface area (Å²) >= 11 is 1.17. The molecule has 5 nitrogen and oxygen atoms in total. The van der Waals surface area contributed by atoms with Crippen LogP contribution in [-0.4, -0.2) is 34.1 Å². The number of aliphatic hydroxyl groups excluding tert-OH is 1. The van der Waals surface area contributed by atoms with Crippen LogP contribution in [0.15, 0.2) is 11.4 Å². The van der Waals surface area contributed by atoms with Gasteiger partial charge in [0.2, 0.25) is 0 Å². The van der Waals surface area contributed by atoms with Crippen molar-refractivity contribution < 1.29 is 10.0 Å². The SMILES string of the molecule is CC1CCCN(Cc2csc([N+](=O)[O-])c2)C1CO. The molecule has 6 heteroatoms. The molecule has 2 atom stereocenters. The van der Waals surface area contributed by atoms with Crippen LogP contribution in [0.1, 0.15) is 25.3 Å². The molecule has 1 aliphatic rings. The fourth-order valence-corrected chi connectivity index (χ4v) is 3.32. The highest BCUT2D eigenvalue weighted by Gasteiger charge is 2.28. The van der Waals surface area contributed by atoms with Crippen LogP contribution >= 0.6 is 11.3 Å². The molecular weight excluding hydrogens is 252 g/mol. The lowest BCUT2D eigenvalue weighted by Gasteiger charge is -2.38. The van der Waals surface area contributed by atoms with Crippen molar-refractivity contribution in [2.75, 3.05) is 13.2 Å². The van der Waals surface area contributed by atoms with Gasteiger partial charge in [0.1, 0.15) is 0 Å². The third-order valence-electron chi connectivity index (χ3n) is 3.62. The first-order valence-electron chi connectivity index (χ1n) is 6.18. The maximum absolute atomic E-state index is 10.6. The summed E-state index contributed by atoms with van der Waals surface area (Å²) in [7, 11) is 0. The normalized spacial score (nSPS) is 25.2. The highest BCUT2D eigenvalue weighted by atomic mass is 32.1. The van der Waals surface area contributed by atoms with Crippen LogP contribution in [0.5, 0.6) is 0 Å². The summed E-state index contributed by atoms with van der Waals surface area (Å²) in [5, 5.41) is 22.1. The standard InChI is InChI=1S/C12H18N2O3S/c1-9-3-2-4-13(11(9)7-15)6-10-5-12(14(16)17)18-8-10/h5,8-9,11,15H,2-4,6-7H2,1H3. The van der Waals surface area contributed by atoms with Gasteiger partial charge in [-0.2, -0.15) is 0 Å². The van der Waals surface area contributed by atoms with E-state index in [0.717, 1.165) is 24.9 Å². The minimum absolute atomic E-state index is 0.160. The van der Waals surface area contributed by atoms with Crippen molar-refractivity contribution in [1.29, 1.82) is 0 Å². The smallest absolute Gasteiger partial charge is 0.324 e. The molecule has 1 aromatic rings. The number of aliphatic hydroxyl groups is 1. The summed E-state index contributed by atoms with van der Waals surface area (Å²) in [6.45, 7) is 3.97. The third-order valence-corrected chi connectivity index (χ3v) is 4.55. The van der Waals surface area contributed by atoms with Crippen LogP contribution in [-0.2, 0) is 6.54 Å². The van der Waals surface area contributed by atoms with Crippen molar-refractivity contribution in [3.8, 4) is 0 Å². The highest BCUT2D eigenvalue weighted by Crippen LogP contribution is 2.28. The molecule has 1 aromatic heterocycles. The molecule has 2 unspecified atom stereocenters. The van der Waals surface area contributed by atoms with Gasteiger partial charge < -0.3 is 5.11 Å². The van der Waals surface area contributed by atoms with Gasteiger partial charge in [-0.25, -0.2) is 0 Å². The molecule has 2 rings (SSSR count). The topological polar surface area (TPSA) is 66.6 Å². The Kier molecular flexibility index (Phi) is 4.31. The van der Waals surface area contributed by atoms with Gasteiger partial charge in [0.15, 0.2) is 0 Å². The molecule has 0 bridgehead atoms. The Morgan fingerprint density at radius 3 is 3.06 bits per heavy atom. The van der Waals surface area contributed by atoms with E-state index in [9.17, 15) is 15.2 Å². The van der Waals surface area contributed by atoms with Crippen LogP contribution in [0.25, 0.3) is 0 Å². The van der Waals surface area contributed by atoms with Gasteiger partial charge in [-0.15, -0.1) is 0 Å². The molecule has 0 aliphatic carbocycles. The number of nitrogens with zero attached hydrogens (tertiary/aromatic N) is 2. The average molecular weight is 270 g/mol. The molecular formula is C12H18N2O3S. The molecule has 1 aliphatic heterocycles. The molecule has 0 radical (unpaired) electrons. The lowest BCUT2D eigenvalue weighted by Crippen LogP contribution is -2.45. The van der Waals surface area contributed by atoms with E-state index in [1.54, 1.807) is 6.07 Å². The molecule has 1 N–H and O–H groups in total. The molecule has 1 saturated heterocycles. The number of hydrogen-bond donors (Lipinski definition) is 1. The molecule has 2 heterocycles. The van der Waals surface area contributed by atoms with E-state index < -0.39 is 0 Å². The summed E-state index contributed by atoms with van der Waals surface area (Å²) < 4.78 is 0. The minimum Gasteiger partial charge on any atom is -0.395 e. The maximum Gasteiger partial charge on any atom is 0.324 e. The Labute approximate surface area is 110 Å². The van der Waals surface area contributed by atoms with Crippen molar-refractivity contribution >= 4 is 16.3 Å². The second-order valence-corrected chi connectivity index (χ2v) is 5.78. The predicted molar refractivity (Wildman–Crippen MR) is 70.7 cm³/mol. The van der Waals surface area contributed by atoms with E-state index >= 15 is 0 Å². The molecule has 0 spiro atoms. The summed E-state index contributed by atoms with van der Waals surface area (Å²) in [5.41, 5.74) is 0.972. The van der Waals surface area contributed by atoms with Crippen LogP contribution in [0.3, 0.4) is 0 Å². The molecule has 0 aromatic carbocycles. The third kappa shape index (κ3) is 2.88. The molecule has 0 saturated carbocycles. The van der Waals surface area contributed by atoms with Gasteiger partial charge in [-0.1, -0.05) is 18.3 Å². The van der Waals surface area contributed by atoms with E-state index in [1.165, 1.54) is 11.3 Å². The average Bonchev–Trinajstić information content (AvgIpc) is 2.78. The number of likely N-dealkylation sites (tertiary alicyclic amines) is 1. The molecule has 100 valence electrons. The Bertz CT molecular complexity index is 421. The number of rotatable bonds is 4. The Balaban J connectivity index is 2.04. The quantitative estimate of drug-likeness (QED) is 0.673. The Hall–Kier alpha value is -0.980. The first-order valence-corrected chi connectivity index (χ1v) is 7.06. The second-order valence-electron chi connectivity index (χ2n) is 4.89. The fourth-order valence-electron chi connectivity index (χ4n) is 2.60. The van der Waals surface area contributed by atoms with Crippen LogP contribution in [0.4, 0.5) is 5.00 Å². The van der Waals surface area contributed by atoms with Gasteiger partial charge >= 0.3 is 5.00 Å². The minimum atomic E-state index is -0.351. The van der Waals surface area contributed by atoms with Crippen LogP contribution in [0.2, 0.25) is 0 Å². The number of piperidine rings is 1. The van der Waals surface area contributed by atoms with Crippen molar-refractivity contribution in [1.82, 2.24) is 4.90 Å². The summed E-state index contributed by atoms with van der Waals surface area (Å²) in [4.78, 5) is 12.5. The van der Waals surface area contributed by atoms with Crippen molar-refractivity contribution in [3.05, 3.63) is 27.1 Å². The van der Waals surface area contributed by atoms with Crippen LogP contribution < -0.4 is 0 Å². The molecule has 1 fully saturated rings. The zero-order valence-corrected chi connectivity index (χ0v) is 11.2. The first kappa shape index (κ1) is 13.5. The lowest BCUT2D eigenvalue weighted by molar-refractivity contribution is -0.380. The highest BCUT2D eigenvalue weighted by molar-refractivity contribution is 7.13. The first-order chi connectivity index (χ1) is 8.61. The number of nitro groups is 1. The van der Waals surface area contributed by atoms with Crippen molar-refractivity contribution in [3.63, 3.8) is 0 Å². The van der Waals surface area contributed by atoms with Crippen molar-refractivity contribution in [2.45, 2.75) is 32.4 Å². The van der Waals surface area contributed by atoms with Gasteiger partial charge in [0.25, 0.3) is 0 Å². The van der Waals surface area contributed by atoms with Crippen LogP contribution in [0, 0.1) is 16.0 Å². The maximum atomic E-state index is 10.6. The zero-order valence-electron chi connectivity index (χ0n) is 10.4. The van der Waals surface area contributed by atoms with Gasteiger partial charge in [0.05, 0.1) is 11.5 Å². The van der Waals surface area contributed by atoms with E-state index in [2.05, 4.69) is 11.8 Å². The van der Waals surface area contributed by atoms with Gasteiger partial charge in [0, 0.05) is 24.0 Å². The molecule has 18 heavy (non-hydrogen) atoms.